The molecule has 10 nitrogen and oxygen atoms in total. The van der Waals surface area contributed by atoms with Gasteiger partial charge in [0.1, 0.15) is 11.5 Å². The molecule has 50 heavy (non-hydrogen) atoms. The number of hydrogen-bond donors (Lipinski definition) is 3. The van der Waals surface area contributed by atoms with Crippen LogP contribution in [0.15, 0.2) is 44.7 Å². The van der Waals surface area contributed by atoms with Gasteiger partial charge in [0.05, 0.1) is 21.2 Å². The summed E-state index contributed by atoms with van der Waals surface area (Å²) in [4.78, 5) is 56.1. The number of esters is 3. The molecule has 3 N–H and O–H groups in total. The molecule has 2 aromatic carbocycles. The van der Waals surface area contributed by atoms with Crippen molar-refractivity contribution >= 4 is 95.9 Å². The summed E-state index contributed by atoms with van der Waals surface area (Å²) in [7, 11) is 0. The molecule has 2 aliphatic rings. The lowest BCUT2D eigenvalue weighted by Gasteiger charge is -2.33. The highest BCUT2D eigenvalue weighted by atomic mass is 79.9. The number of benzene rings is 2. The van der Waals surface area contributed by atoms with E-state index >= 15 is 0 Å². The smallest absolute Gasteiger partial charge is 0.310 e. The number of ether oxygens (including phenoxy) is 2. The van der Waals surface area contributed by atoms with Crippen molar-refractivity contribution in [2.75, 3.05) is 0 Å². The maximum absolute atomic E-state index is 12.7. The number of halogens is 4. The Labute approximate surface area is 322 Å². The summed E-state index contributed by atoms with van der Waals surface area (Å²) >= 11 is 19.5. The molecule has 0 saturated carbocycles. The summed E-state index contributed by atoms with van der Waals surface area (Å²) in [6.45, 7) is 15.2. The largest absolute Gasteiger partial charge is 0.511 e. The molecular weight excluding hydrogens is 819 g/mol. The summed E-state index contributed by atoms with van der Waals surface area (Å²) in [6.07, 6.45) is 2.23. The Balaban J connectivity index is 0.000000825. The first-order chi connectivity index (χ1) is 23.0. The van der Waals surface area contributed by atoms with E-state index in [9.17, 15) is 29.1 Å². The number of rotatable bonds is 5. The van der Waals surface area contributed by atoms with Crippen LogP contribution in [0.1, 0.15) is 100 Å². The fourth-order valence-electron chi connectivity index (χ4n) is 5.43. The minimum absolute atomic E-state index is 0. The van der Waals surface area contributed by atoms with Crippen LogP contribution in [0.3, 0.4) is 0 Å². The minimum Gasteiger partial charge on any atom is -0.511 e. The average molecular weight is 865 g/mol. The molecule has 0 aromatic heterocycles. The van der Waals surface area contributed by atoms with Crippen molar-refractivity contribution in [3.05, 3.63) is 77.0 Å². The second-order valence-corrected chi connectivity index (χ2v) is 15.5. The van der Waals surface area contributed by atoms with Gasteiger partial charge in [0.15, 0.2) is 0 Å². The average Bonchev–Trinajstić information content (AvgIpc) is 2.92. The van der Waals surface area contributed by atoms with Gasteiger partial charge in [-0.05, 0) is 75.9 Å². The zero-order valence-electron chi connectivity index (χ0n) is 29.5. The lowest BCUT2D eigenvalue weighted by atomic mass is 9.87. The van der Waals surface area contributed by atoms with Crippen LogP contribution in [0.2, 0.25) is 10.0 Å². The van der Waals surface area contributed by atoms with E-state index in [4.69, 9.17) is 27.9 Å². The Morgan fingerprint density at radius 3 is 1.52 bits per heavy atom. The first-order valence-corrected chi connectivity index (χ1v) is 18.0. The molecule has 2 heterocycles. The van der Waals surface area contributed by atoms with Gasteiger partial charge in [-0.1, -0.05) is 68.9 Å². The van der Waals surface area contributed by atoms with Gasteiger partial charge in [-0.25, -0.2) is 0 Å². The molecule has 2 amide bonds. The first kappa shape index (κ1) is 43.0. The number of hydrogen-bond acceptors (Lipinski definition) is 8. The van der Waals surface area contributed by atoms with Crippen molar-refractivity contribution in [3.8, 4) is 0 Å². The Hall–Kier alpha value is -3.19. The van der Waals surface area contributed by atoms with Gasteiger partial charge in [-0.2, -0.15) is 0 Å². The van der Waals surface area contributed by atoms with Crippen LogP contribution < -0.4 is 10.6 Å². The molecule has 0 spiro atoms. The molecule has 0 fully saturated rings. The summed E-state index contributed by atoms with van der Waals surface area (Å²) in [5, 5.41) is 17.0. The van der Waals surface area contributed by atoms with Crippen LogP contribution in [0.25, 0.3) is 11.1 Å². The van der Waals surface area contributed by atoms with Crippen LogP contribution in [-0.4, -0.2) is 45.9 Å². The molecule has 2 aliphatic heterocycles. The molecule has 14 heteroatoms. The number of aliphatic hydroxyl groups excluding tert-OH is 1. The van der Waals surface area contributed by atoms with Crippen molar-refractivity contribution in [2.45, 2.75) is 99.1 Å². The van der Waals surface area contributed by atoms with Crippen LogP contribution in [-0.2, 0) is 46.3 Å². The topological polar surface area (TPSA) is 148 Å². The van der Waals surface area contributed by atoms with Crippen LogP contribution in [0.5, 0.6) is 0 Å². The highest BCUT2D eigenvalue weighted by Gasteiger charge is 2.37. The van der Waals surface area contributed by atoms with Crippen LogP contribution in [0, 0.1) is 0 Å². The van der Waals surface area contributed by atoms with E-state index in [-0.39, 0.29) is 20.4 Å². The molecular formula is C36H46Br2Cl2N2O8. The standard InChI is InChI=1S/C17H19BrClNO3.C15H17BrClNO2.C4H6O3.2H2/c1-5-10-6-11(18)7-12(19)14(10)15-13(23-9(2)21)8-17(3,4)20-16(15)22;1-4-8-5-9(16)6-10(17)12(8)13-11(19)7-15(2,3)18-14(13)20;1-3(5)7-4(2)6;;/h6-7H,5,8H2,1-4H3,(H,20,22);5-6,19H,4,7H2,1-3H3,(H,18,20);1-2H3;2*1H. The molecule has 0 atom stereocenters. The number of carbonyl (C=O) groups excluding carboxylic acids is 5. The Kier molecular flexibility index (Phi) is 15.3. The summed E-state index contributed by atoms with van der Waals surface area (Å²) in [5.74, 6) is -1.67. The van der Waals surface area contributed by atoms with Gasteiger partial charge in [-0.3, -0.25) is 24.0 Å². The zero-order chi connectivity index (χ0) is 38.3. The van der Waals surface area contributed by atoms with E-state index in [0.29, 0.717) is 57.3 Å². The number of carbonyl (C=O) groups is 5. The van der Waals surface area contributed by atoms with Gasteiger partial charge in [0.25, 0.3) is 11.8 Å². The van der Waals surface area contributed by atoms with Crippen LogP contribution in [0.4, 0.5) is 0 Å². The van der Waals surface area contributed by atoms with E-state index in [2.05, 4.69) is 47.2 Å². The highest BCUT2D eigenvalue weighted by molar-refractivity contribution is 9.10. The predicted molar refractivity (Wildman–Crippen MR) is 206 cm³/mol. The van der Waals surface area contributed by atoms with E-state index in [1.165, 1.54) is 20.8 Å². The van der Waals surface area contributed by atoms with E-state index < -0.39 is 29.0 Å². The maximum Gasteiger partial charge on any atom is 0.310 e. The van der Waals surface area contributed by atoms with Crippen molar-refractivity contribution in [3.63, 3.8) is 0 Å². The van der Waals surface area contributed by atoms with Gasteiger partial charge >= 0.3 is 17.9 Å². The van der Waals surface area contributed by atoms with Gasteiger partial charge in [0.2, 0.25) is 0 Å². The Morgan fingerprint density at radius 1 is 0.760 bits per heavy atom. The third-order valence-corrected chi connectivity index (χ3v) is 8.74. The van der Waals surface area contributed by atoms with Crippen molar-refractivity contribution in [1.29, 1.82) is 0 Å². The summed E-state index contributed by atoms with van der Waals surface area (Å²) in [5.41, 5.74) is 2.80. The molecule has 0 unspecified atom stereocenters. The molecule has 0 saturated heterocycles. The molecule has 0 aliphatic carbocycles. The number of aryl methyl sites for hydroxylation is 2. The number of aliphatic hydroxyl groups is 1. The number of amides is 2. The Morgan fingerprint density at radius 2 is 1.16 bits per heavy atom. The fraction of sp³-hybridized carbons (Fsp3) is 0.417. The molecule has 4 rings (SSSR count). The van der Waals surface area contributed by atoms with Gasteiger partial charge in [-0.15, -0.1) is 0 Å². The van der Waals surface area contributed by atoms with Crippen molar-refractivity contribution < 1.29 is 41.4 Å². The normalized spacial score (nSPS) is 16.2. The molecule has 0 bridgehead atoms. The minimum atomic E-state index is -0.562. The Bertz CT molecular complexity index is 1770. The molecule has 276 valence electrons. The van der Waals surface area contributed by atoms with Crippen molar-refractivity contribution in [2.24, 2.45) is 0 Å². The quantitative estimate of drug-likeness (QED) is 0.199. The molecule has 2 aromatic rings. The van der Waals surface area contributed by atoms with Gasteiger partial charge < -0.3 is 25.2 Å². The van der Waals surface area contributed by atoms with E-state index in [0.717, 1.165) is 26.5 Å². The van der Waals surface area contributed by atoms with Crippen LogP contribution >= 0.6 is 55.1 Å². The lowest BCUT2D eigenvalue weighted by Crippen LogP contribution is -2.48. The first-order valence-electron chi connectivity index (χ1n) is 15.7. The van der Waals surface area contributed by atoms with E-state index in [1.807, 2.05) is 53.7 Å². The second-order valence-electron chi connectivity index (χ2n) is 12.9. The zero-order valence-corrected chi connectivity index (χ0v) is 34.1. The fourth-order valence-corrected chi connectivity index (χ4v) is 7.37. The maximum atomic E-state index is 12.7. The molecule has 0 radical (unpaired) electrons. The highest BCUT2D eigenvalue weighted by Crippen LogP contribution is 2.39. The predicted octanol–water partition coefficient (Wildman–Crippen LogP) is 9.06. The summed E-state index contributed by atoms with van der Waals surface area (Å²) < 4.78 is 11.0. The third kappa shape index (κ3) is 12.0. The van der Waals surface area contributed by atoms with Crippen molar-refractivity contribution in [1.82, 2.24) is 10.6 Å². The SMILES string of the molecule is CC(=O)OC(C)=O.CCc1cc(Br)cc(Cl)c1C1=C(O)CC(C)(C)NC1=O.CCc1cc(Br)cc(Cl)c1C1=C(OC(C)=O)CC(C)(C)NC1=O.[HH].[HH]. The monoisotopic (exact) mass is 862 g/mol. The van der Waals surface area contributed by atoms with Gasteiger partial charge in [0, 0.05) is 67.6 Å². The van der Waals surface area contributed by atoms with E-state index in [1.54, 1.807) is 12.1 Å². The third-order valence-electron chi connectivity index (χ3n) is 7.23. The summed E-state index contributed by atoms with van der Waals surface area (Å²) in [6, 6.07) is 7.33. The lowest BCUT2D eigenvalue weighted by molar-refractivity contribution is -0.156. The number of nitrogens with one attached hydrogen (secondary N) is 2. The second kappa shape index (κ2) is 17.8.